The standard InChI is InChI=1S/C14H15N3O5S2.Na/c1-15-10-16-17-11-2-8-14(9-3-11)23-21-12-4-6-13(7-5-12)22-24(18,19)20;/h2-9,15H,10H2,1H3,(H,18,19,20);/q;+1/p-1. The first-order valence-electron chi connectivity index (χ1n) is 6.68. The van der Waals surface area contributed by atoms with Crippen molar-refractivity contribution in [3.63, 3.8) is 0 Å². The second kappa shape index (κ2) is 10.8. The molecule has 0 heterocycles. The Morgan fingerprint density at radius 3 is 2.24 bits per heavy atom. The summed E-state index contributed by atoms with van der Waals surface area (Å²) in [6, 6.07) is 12.9. The van der Waals surface area contributed by atoms with Gasteiger partial charge in [-0.15, -0.1) is 0 Å². The van der Waals surface area contributed by atoms with Crippen LogP contribution in [-0.4, -0.2) is 26.7 Å². The van der Waals surface area contributed by atoms with E-state index in [4.69, 9.17) is 4.18 Å². The second-order valence-corrected chi connectivity index (χ2v) is 6.16. The third kappa shape index (κ3) is 8.68. The molecule has 1 N–H and O–H groups in total. The second-order valence-electron chi connectivity index (χ2n) is 4.38. The predicted molar refractivity (Wildman–Crippen MR) is 88.1 cm³/mol. The van der Waals surface area contributed by atoms with Crippen LogP contribution < -0.4 is 43.2 Å². The molecular formula is C14H14N3NaO5S2. The smallest absolute Gasteiger partial charge is 0.716 e. The molecule has 0 aliphatic carbocycles. The topological polar surface area (TPSA) is 112 Å². The number of rotatable bonds is 8. The van der Waals surface area contributed by atoms with Crippen molar-refractivity contribution in [1.82, 2.24) is 5.32 Å². The minimum Gasteiger partial charge on any atom is -0.716 e. The summed E-state index contributed by atoms with van der Waals surface area (Å²) in [5, 5.41) is 10.8. The zero-order chi connectivity index (χ0) is 17.4. The van der Waals surface area contributed by atoms with E-state index >= 15 is 0 Å². The van der Waals surface area contributed by atoms with Gasteiger partial charge in [-0.3, -0.25) is 5.32 Å². The average Bonchev–Trinajstić information content (AvgIpc) is 2.54. The number of hydrogen-bond acceptors (Lipinski definition) is 9. The quantitative estimate of drug-likeness (QED) is 0.219. The number of nitrogens with one attached hydrogen (secondary N) is 1. The summed E-state index contributed by atoms with van der Waals surface area (Å²) in [6.07, 6.45) is 0. The van der Waals surface area contributed by atoms with Crippen LogP contribution in [-0.2, 0) is 10.4 Å². The molecule has 8 nitrogen and oxygen atoms in total. The summed E-state index contributed by atoms with van der Waals surface area (Å²) in [6.45, 7) is 0.451. The van der Waals surface area contributed by atoms with Crippen molar-refractivity contribution >= 4 is 28.1 Å². The zero-order valence-electron chi connectivity index (χ0n) is 13.6. The van der Waals surface area contributed by atoms with Crippen molar-refractivity contribution in [3.8, 4) is 11.5 Å². The number of nitrogens with zero attached hydrogens (tertiary/aromatic N) is 2. The van der Waals surface area contributed by atoms with Crippen LogP contribution in [0.4, 0.5) is 5.69 Å². The van der Waals surface area contributed by atoms with Crippen LogP contribution >= 0.6 is 12.0 Å². The van der Waals surface area contributed by atoms with Gasteiger partial charge >= 0.3 is 29.6 Å². The van der Waals surface area contributed by atoms with E-state index in [1.54, 1.807) is 19.2 Å². The molecule has 25 heavy (non-hydrogen) atoms. The maximum atomic E-state index is 10.5. The number of hydrogen-bond donors (Lipinski definition) is 1. The summed E-state index contributed by atoms with van der Waals surface area (Å²) in [4.78, 5) is 0.852. The summed E-state index contributed by atoms with van der Waals surface area (Å²) in [7, 11) is -2.99. The van der Waals surface area contributed by atoms with Crippen LogP contribution in [0.1, 0.15) is 0 Å². The van der Waals surface area contributed by atoms with Crippen LogP contribution in [0.2, 0.25) is 0 Å². The normalized spacial score (nSPS) is 11.1. The van der Waals surface area contributed by atoms with Gasteiger partial charge in [-0.1, -0.05) is 0 Å². The van der Waals surface area contributed by atoms with Gasteiger partial charge in [-0.05, 0) is 55.6 Å². The Balaban J connectivity index is 0.00000312. The molecule has 0 atom stereocenters. The molecule has 0 aromatic heterocycles. The van der Waals surface area contributed by atoms with Crippen molar-refractivity contribution in [2.45, 2.75) is 4.90 Å². The van der Waals surface area contributed by atoms with Crippen LogP contribution in [0.25, 0.3) is 0 Å². The number of azo groups is 1. The van der Waals surface area contributed by atoms with E-state index in [0.717, 1.165) is 22.6 Å². The summed E-state index contributed by atoms with van der Waals surface area (Å²) < 4.78 is 41.1. The van der Waals surface area contributed by atoms with Crippen LogP contribution in [0.15, 0.2) is 63.7 Å². The zero-order valence-corrected chi connectivity index (χ0v) is 17.2. The van der Waals surface area contributed by atoms with Gasteiger partial charge in [0.15, 0.2) is 0 Å². The molecule has 0 spiro atoms. The van der Waals surface area contributed by atoms with Crippen molar-refractivity contribution in [1.29, 1.82) is 0 Å². The van der Waals surface area contributed by atoms with Gasteiger partial charge in [0.25, 0.3) is 10.4 Å². The average molecular weight is 391 g/mol. The molecule has 0 amide bonds. The molecule has 0 aliphatic rings. The fourth-order valence-corrected chi connectivity index (χ4v) is 2.42. The first-order chi connectivity index (χ1) is 11.5. The molecule has 2 aromatic carbocycles. The summed E-state index contributed by atoms with van der Waals surface area (Å²) in [5.41, 5.74) is 0.731. The van der Waals surface area contributed by atoms with E-state index in [9.17, 15) is 13.0 Å². The van der Waals surface area contributed by atoms with E-state index in [1.807, 2.05) is 12.1 Å². The summed E-state index contributed by atoms with van der Waals surface area (Å²) >= 11 is 1.12. The molecule has 128 valence electrons. The van der Waals surface area contributed by atoms with Crippen LogP contribution in [0.5, 0.6) is 11.5 Å². The van der Waals surface area contributed by atoms with Crippen LogP contribution in [0, 0.1) is 0 Å². The summed E-state index contributed by atoms with van der Waals surface area (Å²) in [5.74, 6) is 0.409. The van der Waals surface area contributed by atoms with E-state index in [1.165, 1.54) is 24.3 Å². The van der Waals surface area contributed by atoms with Crippen LogP contribution in [0.3, 0.4) is 0 Å². The van der Waals surface area contributed by atoms with Gasteiger partial charge in [0.1, 0.15) is 18.2 Å². The fraction of sp³-hybridized carbons (Fsp3) is 0.143. The predicted octanol–water partition coefficient (Wildman–Crippen LogP) is -0.124. The molecule has 0 radical (unpaired) electrons. The van der Waals surface area contributed by atoms with Gasteiger partial charge in [-0.25, -0.2) is 8.42 Å². The molecule has 0 aliphatic heterocycles. The minimum absolute atomic E-state index is 0. The molecule has 0 unspecified atom stereocenters. The van der Waals surface area contributed by atoms with Crippen molar-refractivity contribution in [2.24, 2.45) is 10.2 Å². The molecule has 2 aromatic rings. The fourth-order valence-electron chi connectivity index (χ4n) is 1.52. The molecule has 2 rings (SSSR count). The van der Waals surface area contributed by atoms with Crippen molar-refractivity contribution in [3.05, 3.63) is 48.5 Å². The molecule has 0 bridgehead atoms. The van der Waals surface area contributed by atoms with Gasteiger partial charge in [0.05, 0.1) is 17.7 Å². The Morgan fingerprint density at radius 1 is 1.08 bits per heavy atom. The Kier molecular flexibility index (Phi) is 9.43. The largest absolute Gasteiger partial charge is 1.00 e. The molecule has 0 saturated carbocycles. The van der Waals surface area contributed by atoms with Crippen molar-refractivity contribution in [2.75, 3.05) is 13.7 Å². The Hall–Kier alpha value is -1.14. The van der Waals surface area contributed by atoms with Gasteiger partial charge in [-0.2, -0.15) is 10.2 Å². The van der Waals surface area contributed by atoms with E-state index in [-0.39, 0.29) is 35.3 Å². The van der Waals surface area contributed by atoms with Crippen molar-refractivity contribution < 1.29 is 50.9 Å². The molecular weight excluding hydrogens is 377 g/mol. The van der Waals surface area contributed by atoms with E-state index in [2.05, 4.69) is 19.7 Å². The number of benzene rings is 2. The third-order valence-electron chi connectivity index (χ3n) is 2.51. The first kappa shape index (κ1) is 21.9. The van der Waals surface area contributed by atoms with Gasteiger partial charge in [0.2, 0.25) is 0 Å². The Labute approximate surface area is 172 Å². The molecule has 11 heteroatoms. The monoisotopic (exact) mass is 391 g/mol. The molecule has 0 saturated heterocycles. The Bertz CT molecular complexity index is 783. The van der Waals surface area contributed by atoms with E-state index in [0.29, 0.717) is 12.4 Å². The minimum atomic E-state index is -4.77. The maximum absolute atomic E-state index is 10.5. The van der Waals surface area contributed by atoms with Gasteiger partial charge < -0.3 is 12.9 Å². The SMILES string of the molecule is CNCN=Nc1ccc(SOc2ccc(OS(=O)(=O)[O-])cc2)cc1.[Na+]. The maximum Gasteiger partial charge on any atom is 1.00 e. The Morgan fingerprint density at radius 2 is 1.68 bits per heavy atom. The first-order valence-corrected chi connectivity index (χ1v) is 8.76. The molecule has 0 fully saturated rings. The third-order valence-corrected chi connectivity index (χ3v) is 3.64. The van der Waals surface area contributed by atoms with Gasteiger partial charge in [0, 0.05) is 4.90 Å². The van der Waals surface area contributed by atoms with E-state index < -0.39 is 10.4 Å².